The van der Waals surface area contributed by atoms with Gasteiger partial charge in [0.15, 0.2) is 11.6 Å². The summed E-state index contributed by atoms with van der Waals surface area (Å²) < 4.78 is 42.3. The Balaban J connectivity index is 1.12. The summed E-state index contributed by atoms with van der Waals surface area (Å²) in [5, 5.41) is 0. The van der Waals surface area contributed by atoms with Gasteiger partial charge in [-0.1, -0.05) is 56.9 Å². The quantitative estimate of drug-likeness (QED) is 0.302. The minimum Gasteiger partial charge on any atom is -0.206 e. The highest BCUT2D eigenvalue weighted by molar-refractivity contribution is 5.67. The van der Waals surface area contributed by atoms with Gasteiger partial charge in [0.25, 0.3) is 0 Å². The van der Waals surface area contributed by atoms with Crippen molar-refractivity contribution in [2.75, 3.05) is 0 Å². The molecule has 0 N–H and O–H groups in total. The Labute approximate surface area is 228 Å². The third-order valence-corrected chi connectivity index (χ3v) is 10.2. The van der Waals surface area contributed by atoms with E-state index in [-0.39, 0.29) is 5.82 Å². The maximum atomic E-state index is 15.3. The Hall–Kier alpha value is -2.03. The van der Waals surface area contributed by atoms with Crippen molar-refractivity contribution in [3.8, 4) is 0 Å². The molecule has 2 saturated carbocycles. The van der Waals surface area contributed by atoms with Gasteiger partial charge in [0.05, 0.1) is 0 Å². The molecule has 3 heteroatoms. The van der Waals surface area contributed by atoms with E-state index in [1.54, 1.807) is 6.07 Å². The predicted octanol–water partition coefficient (Wildman–Crippen LogP) is 11.1. The molecule has 2 aromatic carbocycles. The summed E-state index contributed by atoms with van der Waals surface area (Å²) in [5.41, 5.74) is 4.13. The molecular formula is C35H45F3. The molecule has 3 aliphatic rings. The molecule has 0 spiro atoms. The molecule has 2 fully saturated rings. The van der Waals surface area contributed by atoms with Gasteiger partial charge < -0.3 is 0 Å². The molecule has 206 valence electrons. The summed E-state index contributed by atoms with van der Waals surface area (Å²) in [6.45, 7) is 2.27. The van der Waals surface area contributed by atoms with Crippen LogP contribution < -0.4 is 0 Å². The number of rotatable bonds is 8. The number of hydrogen-bond acceptors (Lipinski definition) is 0. The van der Waals surface area contributed by atoms with Crippen molar-refractivity contribution in [1.82, 2.24) is 0 Å². The molecule has 0 aromatic heterocycles. The summed E-state index contributed by atoms with van der Waals surface area (Å²) in [6, 6.07) is 10.5. The third-order valence-electron chi connectivity index (χ3n) is 10.2. The van der Waals surface area contributed by atoms with Gasteiger partial charge in [0, 0.05) is 5.56 Å². The zero-order chi connectivity index (χ0) is 26.5. The lowest BCUT2D eigenvalue weighted by atomic mass is 9.70. The first-order valence-corrected chi connectivity index (χ1v) is 15.5. The molecular weight excluding hydrogens is 477 g/mol. The van der Waals surface area contributed by atoms with E-state index in [0.717, 1.165) is 62.0 Å². The van der Waals surface area contributed by atoms with Gasteiger partial charge in [-0.2, -0.15) is 0 Å². The number of benzene rings is 2. The Morgan fingerprint density at radius 2 is 1.32 bits per heavy atom. The highest BCUT2D eigenvalue weighted by atomic mass is 19.2. The standard InChI is InChI=1S/C35H45F3/c1-2-3-4-5-24-6-8-27(9-7-24)30-18-20-32(34(37)22-30)29-16-14-26(15-17-29)25-10-12-28(13-11-25)31-19-21-33(36)35(38)23-31/h16,18-28H,2-15,17H2,1H3/t24-,25-,26?,27-,28-. The number of hydrogen-bond donors (Lipinski definition) is 0. The van der Waals surface area contributed by atoms with Crippen molar-refractivity contribution in [3.63, 3.8) is 0 Å². The normalized spacial score (nSPS) is 28.2. The maximum Gasteiger partial charge on any atom is 0.159 e. The van der Waals surface area contributed by atoms with E-state index in [4.69, 9.17) is 0 Å². The lowest BCUT2D eigenvalue weighted by Gasteiger charge is -2.36. The molecule has 3 aliphatic carbocycles. The van der Waals surface area contributed by atoms with Crippen LogP contribution in [0.1, 0.15) is 132 Å². The fourth-order valence-electron chi connectivity index (χ4n) is 7.73. The molecule has 38 heavy (non-hydrogen) atoms. The average Bonchev–Trinajstić information content (AvgIpc) is 2.95. The maximum absolute atomic E-state index is 15.3. The van der Waals surface area contributed by atoms with Crippen molar-refractivity contribution < 1.29 is 13.2 Å². The van der Waals surface area contributed by atoms with E-state index in [1.807, 2.05) is 6.07 Å². The van der Waals surface area contributed by atoms with Crippen molar-refractivity contribution in [1.29, 1.82) is 0 Å². The first-order valence-electron chi connectivity index (χ1n) is 15.5. The summed E-state index contributed by atoms with van der Waals surface area (Å²) in [7, 11) is 0. The fourth-order valence-corrected chi connectivity index (χ4v) is 7.73. The fraction of sp³-hybridized carbons (Fsp3) is 0.600. The molecule has 0 radical (unpaired) electrons. The Kier molecular flexibility index (Phi) is 9.33. The van der Waals surface area contributed by atoms with E-state index in [0.29, 0.717) is 23.7 Å². The Morgan fingerprint density at radius 1 is 0.658 bits per heavy atom. The second kappa shape index (κ2) is 12.9. The van der Waals surface area contributed by atoms with E-state index < -0.39 is 11.6 Å². The largest absolute Gasteiger partial charge is 0.206 e. The van der Waals surface area contributed by atoms with Crippen molar-refractivity contribution >= 4 is 5.57 Å². The van der Waals surface area contributed by atoms with Crippen LogP contribution >= 0.6 is 0 Å². The first-order chi connectivity index (χ1) is 18.5. The second-order valence-electron chi connectivity index (χ2n) is 12.5. The lowest BCUT2D eigenvalue weighted by molar-refractivity contribution is 0.220. The predicted molar refractivity (Wildman–Crippen MR) is 152 cm³/mol. The van der Waals surface area contributed by atoms with Crippen LogP contribution in [0.4, 0.5) is 13.2 Å². The smallest absolute Gasteiger partial charge is 0.159 e. The molecule has 0 heterocycles. The molecule has 1 unspecified atom stereocenters. The monoisotopic (exact) mass is 522 g/mol. The number of halogens is 3. The van der Waals surface area contributed by atoms with Crippen LogP contribution in [0.25, 0.3) is 5.57 Å². The van der Waals surface area contributed by atoms with Crippen LogP contribution in [0, 0.1) is 35.2 Å². The zero-order valence-corrected chi connectivity index (χ0v) is 23.2. The van der Waals surface area contributed by atoms with Gasteiger partial charge in [-0.3, -0.25) is 0 Å². The highest BCUT2D eigenvalue weighted by Crippen LogP contribution is 2.44. The van der Waals surface area contributed by atoms with Gasteiger partial charge in [0.1, 0.15) is 5.82 Å². The molecule has 0 bridgehead atoms. The van der Waals surface area contributed by atoms with Gasteiger partial charge in [-0.15, -0.1) is 0 Å². The molecule has 0 amide bonds. The number of allylic oxidation sites excluding steroid dienone is 2. The Bertz CT molecular complexity index is 1090. The van der Waals surface area contributed by atoms with Crippen LogP contribution in [0.15, 0.2) is 42.5 Å². The summed E-state index contributed by atoms with van der Waals surface area (Å²) in [6.07, 6.45) is 20.2. The highest BCUT2D eigenvalue weighted by Gasteiger charge is 2.30. The van der Waals surface area contributed by atoms with Crippen LogP contribution in [-0.4, -0.2) is 0 Å². The first kappa shape index (κ1) is 27.5. The lowest BCUT2D eigenvalue weighted by Crippen LogP contribution is -2.22. The summed E-state index contributed by atoms with van der Waals surface area (Å²) in [4.78, 5) is 0. The van der Waals surface area contributed by atoms with E-state index in [2.05, 4.69) is 25.1 Å². The van der Waals surface area contributed by atoms with Gasteiger partial charge in [-0.05, 0) is 135 Å². The molecule has 0 aliphatic heterocycles. The second-order valence-corrected chi connectivity index (χ2v) is 12.5. The third kappa shape index (κ3) is 6.57. The minimum atomic E-state index is -0.765. The minimum absolute atomic E-state index is 0.0377. The molecule has 0 nitrogen and oxygen atoms in total. The average molecular weight is 523 g/mol. The van der Waals surface area contributed by atoms with Gasteiger partial charge in [-0.25, -0.2) is 13.2 Å². The molecule has 1 atom stereocenters. The summed E-state index contributed by atoms with van der Waals surface area (Å²) in [5.74, 6) is 1.52. The van der Waals surface area contributed by atoms with Crippen molar-refractivity contribution in [3.05, 3.63) is 76.6 Å². The summed E-state index contributed by atoms with van der Waals surface area (Å²) >= 11 is 0. The van der Waals surface area contributed by atoms with E-state index in [1.165, 1.54) is 74.6 Å². The molecule has 0 saturated heterocycles. The molecule has 5 rings (SSSR count). The van der Waals surface area contributed by atoms with Crippen LogP contribution in [0.3, 0.4) is 0 Å². The SMILES string of the molecule is CCCCC[C@H]1CC[C@H](c2ccc(C3=CCC([C@H]4CC[C@H](c5ccc(F)c(F)c5)CC4)CC3)c(F)c2)CC1. The molecule has 2 aromatic rings. The Morgan fingerprint density at radius 3 is 1.92 bits per heavy atom. The van der Waals surface area contributed by atoms with Crippen LogP contribution in [0.5, 0.6) is 0 Å². The van der Waals surface area contributed by atoms with Gasteiger partial charge >= 0.3 is 0 Å². The van der Waals surface area contributed by atoms with Crippen molar-refractivity contribution in [2.45, 2.75) is 115 Å². The zero-order valence-electron chi connectivity index (χ0n) is 23.2. The number of unbranched alkanes of at least 4 members (excludes halogenated alkanes) is 2. The van der Waals surface area contributed by atoms with E-state index >= 15 is 4.39 Å². The van der Waals surface area contributed by atoms with Gasteiger partial charge in [0.2, 0.25) is 0 Å². The topological polar surface area (TPSA) is 0 Å². The van der Waals surface area contributed by atoms with Crippen LogP contribution in [-0.2, 0) is 0 Å². The van der Waals surface area contributed by atoms with Crippen molar-refractivity contribution in [2.24, 2.45) is 17.8 Å². The van der Waals surface area contributed by atoms with E-state index in [9.17, 15) is 8.78 Å². The van der Waals surface area contributed by atoms with Crippen LogP contribution in [0.2, 0.25) is 0 Å².